The third-order valence-corrected chi connectivity index (χ3v) is 5.94. The number of benzene rings is 2. The van der Waals surface area contributed by atoms with Gasteiger partial charge in [0.25, 0.3) is 5.91 Å². The first-order valence-corrected chi connectivity index (χ1v) is 10.7. The lowest BCUT2D eigenvalue weighted by Gasteiger charge is -2.20. The molecule has 1 amide bonds. The second kappa shape index (κ2) is 9.21. The van der Waals surface area contributed by atoms with Crippen molar-refractivity contribution in [2.24, 2.45) is 0 Å². The van der Waals surface area contributed by atoms with Crippen LogP contribution in [0.15, 0.2) is 59.2 Å². The first kappa shape index (κ1) is 20.9. The van der Waals surface area contributed by atoms with Crippen LogP contribution in [-0.4, -0.2) is 21.8 Å². The highest BCUT2D eigenvalue weighted by molar-refractivity contribution is 6.42. The Labute approximate surface area is 186 Å². The molecular weight excluding hydrogens is 421 g/mol. The van der Waals surface area contributed by atoms with Gasteiger partial charge in [-0.1, -0.05) is 59.6 Å². The molecule has 1 atom stereocenters. The molecule has 0 radical (unpaired) electrons. The first-order chi connectivity index (χ1) is 14.5. The van der Waals surface area contributed by atoms with Crippen LogP contribution in [0.2, 0.25) is 10.0 Å². The topological polar surface area (TPSA) is 58.4 Å². The van der Waals surface area contributed by atoms with Crippen LogP contribution in [0.1, 0.15) is 53.3 Å². The summed E-state index contributed by atoms with van der Waals surface area (Å²) >= 11 is 12.2. The van der Waals surface area contributed by atoms with Gasteiger partial charge in [-0.15, -0.1) is 0 Å². The molecule has 3 aromatic rings. The Balaban J connectivity index is 1.39. The number of hydrogen-bond acceptors (Lipinski definition) is 4. The highest BCUT2D eigenvalue weighted by Crippen LogP contribution is 2.31. The normalized spacial score (nSPS) is 14.7. The van der Waals surface area contributed by atoms with Gasteiger partial charge in [-0.25, -0.2) is 4.98 Å². The van der Waals surface area contributed by atoms with Crippen LogP contribution in [0, 0.1) is 0 Å². The molecule has 156 valence electrons. The molecule has 7 heteroatoms. The quantitative estimate of drug-likeness (QED) is 0.489. The van der Waals surface area contributed by atoms with Gasteiger partial charge in [-0.05, 0) is 43.0 Å². The third-order valence-electron chi connectivity index (χ3n) is 5.20. The summed E-state index contributed by atoms with van der Waals surface area (Å²) < 4.78 is 5.60. The van der Waals surface area contributed by atoms with Gasteiger partial charge in [-0.2, -0.15) is 0 Å². The number of oxazole rings is 1. The molecule has 1 aromatic heterocycles. The Bertz CT molecular complexity index is 1020. The van der Waals surface area contributed by atoms with E-state index >= 15 is 0 Å². The van der Waals surface area contributed by atoms with Crippen molar-refractivity contribution in [3.05, 3.63) is 87.6 Å². The van der Waals surface area contributed by atoms with E-state index in [2.05, 4.69) is 15.2 Å². The van der Waals surface area contributed by atoms with Crippen molar-refractivity contribution in [2.75, 3.05) is 0 Å². The van der Waals surface area contributed by atoms with E-state index in [-0.39, 0.29) is 17.6 Å². The second-order valence-electron chi connectivity index (χ2n) is 7.62. The lowest BCUT2D eigenvalue weighted by Crippen LogP contribution is -2.27. The second-order valence-corrected chi connectivity index (χ2v) is 8.43. The predicted octanol–water partition coefficient (Wildman–Crippen LogP) is 5.64. The molecule has 1 N–H and O–H groups in total. The van der Waals surface area contributed by atoms with E-state index in [0.717, 1.165) is 30.5 Å². The lowest BCUT2D eigenvalue weighted by molar-refractivity contribution is 0.0934. The maximum Gasteiger partial charge on any atom is 0.273 e. The van der Waals surface area contributed by atoms with E-state index in [1.807, 2.05) is 55.5 Å². The van der Waals surface area contributed by atoms with Crippen LogP contribution in [0.4, 0.5) is 0 Å². The zero-order valence-electron chi connectivity index (χ0n) is 16.6. The zero-order chi connectivity index (χ0) is 21.1. The monoisotopic (exact) mass is 443 g/mol. The fourth-order valence-corrected chi connectivity index (χ4v) is 3.70. The molecule has 1 heterocycles. The van der Waals surface area contributed by atoms with Crippen molar-refractivity contribution in [1.29, 1.82) is 0 Å². The Kier molecular flexibility index (Phi) is 6.42. The van der Waals surface area contributed by atoms with Crippen molar-refractivity contribution in [3.63, 3.8) is 0 Å². The minimum atomic E-state index is -0.246. The van der Waals surface area contributed by atoms with E-state index in [1.54, 1.807) is 0 Å². The Hall–Kier alpha value is -2.34. The van der Waals surface area contributed by atoms with Crippen LogP contribution < -0.4 is 5.32 Å². The van der Waals surface area contributed by atoms with Gasteiger partial charge in [-0.3, -0.25) is 9.69 Å². The molecule has 5 nitrogen and oxygen atoms in total. The molecule has 1 saturated carbocycles. The van der Waals surface area contributed by atoms with Crippen LogP contribution in [0.5, 0.6) is 0 Å². The molecule has 1 aliphatic rings. The van der Waals surface area contributed by atoms with E-state index in [4.69, 9.17) is 27.6 Å². The van der Waals surface area contributed by atoms with Crippen LogP contribution in [-0.2, 0) is 13.1 Å². The molecular formula is C23H23Cl2N3O2. The van der Waals surface area contributed by atoms with Crippen LogP contribution in [0.25, 0.3) is 0 Å². The smallest absolute Gasteiger partial charge is 0.273 e. The summed E-state index contributed by atoms with van der Waals surface area (Å²) in [7, 11) is 0. The average molecular weight is 444 g/mol. The number of amides is 1. The minimum absolute atomic E-state index is 0.114. The van der Waals surface area contributed by atoms with E-state index < -0.39 is 0 Å². The summed E-state index contributed by atoms with van der Waals surface area (Å²) in [6.07, 6.45) is 3.71. The summed E-state index contributed by atoms with van der Waals surface area (Å²) in [5, 5.41) is 4.06. The molecule has 0 aliphatic heterocycles. The molecule has 0 saturated heterocycles. The van der Waals surface area contributed by atoms with Crippen molar-refractivity contribution < 1.29 is 9.21 Å². The minimum Gasteiger partial charge on any atom is -0.447 e. The van der Waals surface area contributed by atoms with Crippen LogP contribution >= 0.6 is 23.2 Å². The van der Waals surface area contributed by atoms with Gasteiger partial charge in [0.2, 0.25) is 5.89 Å². The maximum absolute atomic E-state index is 12.6. The molecule has 2 aromatic carbocycles. The van der Waals surface area contributed by atoms with Gasteiger partial charge in [0.1, 0.15) is 6.26 Å². The number of rotatable bonds is 8. The van der Waals surface area contributed by atoms with Gasteiger partial charge in [0, 0.05) is 12.6 Å². The third kappa shape index (κ3) is 5.22. The predicted molar refractivity (Wildman–Crippen MR) is 118 cm³/mol. The summed E-state index contributed by atoms with van der Waals surface area (Å²) in [6.45, 7) is 3.20. The maximum atomic E-state index is 12.6. The Morgan fingerprint density at radius 1 is 1.17 bits per heavy atom. The molecule has 0 bridgehead atoms. The van der Waals surface area contributed by atoms with E-state index in [1.165, 1.54) is 6.26 Å². The molecule has 30 heavy (non-hydrogen) atoms. The first-order valence-electron chi connectivity index (χ1n) is 9.98. The highest BCUT2D eigenvalue weighted by Gasteiger charge is 2.30. The van der Waals surface area contributed by atoms with Gasteiger partial charge in [0.05, 0.1) is 22.6 Å². The van der Waals surface area contributed by atoms with E-state index in [9.17, 15) is 4.79 Å². The van der Waals surface area contributed by atoms with Gasteiger partial charge >= 0.3 is 0 Å². The average Bonchev–Trinajstić information content (AvgIpc) is 3.49. The van der Waals surface area contributed by atoms with Crippen molar-refractivity contribution in [3.8, 4) is 0 Å². The molecule has 1 aliphatic carbocycles. The fourth-order valence-electron chi connectivity index (χ4n) is 3.38. The molecule has 1 unspecified atom stereocenters. The number of hydrogen-bond donors (Lipinski definition) is 1. The number of aromatic nitrogens is 1. The largest absolute Gasteiger partial charge is 0.447 e. The van der Waals surface area contributed by atoms with E-state index in [0.29, 0.717) is 28.5 Å². The lowest BCUT2D eigenvalue weighted by atomic mass is 10.1. The van der Waals surface area contributed by atoms with Crippen molar-refractivity contribution >= 4 is 29.1 Å². The number of nitrogens with zero attached hydrogens (tertiary/aromatic N) is 2. The number of carbonyl (C=O) groups is 1. The highest BCUT2D eigenvalue weighted by atomic mass is 35.5. The van der Waals surface area contributed by atoms with Gasteiger partial charge < -0.3 is 9.73 Å². The van der Waals surface area contributed by atoms with Crippen molar-refractivity contribution in [1.82, 2.24) is 15.2 Å². The SMILES string of the molecule is CC(NC(=O)c1coc(CN(Cc2ccc(Cl)c(Cl)c2)C2CC2)n1)c1ccccc1. The summed E-state index contributed by atoms with van der Waals surface area (Å²) in [6, 6.07) is 15.9. The summed E-state index contributed by atoms with van der Waals surface area (Å²) in [5.74, 6) is 0.281. The Morgan fingerprint density at radius 3 is 2.63 bits per heavy atom. The molecule has 4 rings (SSSR count). The number of halogens is 2. The van der Waals surface area contributed by atoms with Crippen molar-refractivity contribution in [2.45, 2.75) is 44.9 Å². The fraction of sp³-hybridized carbons (Fsp3) is 0.304. The Morgan fingerprint density at radius 2 is 1.93 bits per heavy atom. The number of nitrogens with one attached hydrogen (secondary N) is 1. The van der Waals surface area contributed by atoms with Gasteiger partial charge in [0.15, 0.2) is 5.69 Å². The summed E-state index contributed by atoms with van der Waals surface area (Å²) in [5.41, 5.74) is 2.41. The molecule has 0 spiro atoms. The number of carbonyl (C=O) groups excluding carboxylic acids is 1. The van der Waals surface area contributed by atoms with Crippen LogP contribution in [0.3, 0.4) is 0 Å². The standard InChI is InChI=1S/C23H23Cl2N3O2/c1-15(17-5-3-2-4-6-17)26-23(29)21-14-30-22(27-21)13-28(18-8-9-18)12-16-7-10-19(24)20(25)11-16/h2-7,10-11,14-15,18H,8-9,12-13H2,1H3,(H,26,29). The molecule has 1 fully saturated rings. The summed E-state index contributed by atoms with van der Waals surface area (Å²) in [4.78, 5) is 19.3. The zero-order valence-corrected chi connectivity index (χ0v) is 18.2.